The van der Waals surface area contributed by atoms with Crippen LogP contribution in [0.4, 0.5) is 11.4 Å². The number of carbonyl (C=O) groups is 2. The summed E-state index contributed by atoms with van der Waals surface area (Å²) >= 11 is 12.0. The van der Waals surface area contributed by atoms with E-state index in [2.05, 4.69) is 5.32 Å². The maximum atomic E-state index is 12.6. The first-order valence-corrected chi connectivity index (χ1v) is 9.03. The van der Waals surface area contributed by atoms with Crippen LogP contribution in [-0.4, -0.2) is 25.0 Å². The minimum Gasteiger partial charge on any atom is -0.492 e. The number of hydrogen-bond donors (Lipinski definition) is 1. The number of nitrogens with one attached hydrogen (secondary N) is 1. The SMILES string of the molecule is CCOc1ccccc1N1C[C@H](C(=O)Nc2ccc(Cl)cc2Cl)CC1=O. The highest BCUT2D eigenvalue weighted by atomic mass is 35.5. The van der Waals surface area contributed by atoms with Gasteiger partial charge in [-0.3, -0.25) is 9.59 Å². The van der Waals surface area contributed by atoms with Gasteiger partial charge in [-0.05, 0) is 37.3 Å². The average Bonchev–Trinajstić information content (AvgIpc) is 3.00. The molecule has 1 aliphatic heterocycles. The summed E-state index contributed by atoms with van der Waals surface area (Å²) in [6, 6.07) is 12.2. The van der Waals surface area contributed by atoms with Gasteiger partial charge in [-0.1, -0.05) is 35.3 Å². The molecule has 1 fully saturated rings. The van der Waals surface area contributed by atoms with Gasteiger partial charge in [0.2, 0.25) is 11.8 Å². The van der Waals surface area contributed by atoms with Crippen molar-refractivity contribution in [1.29, 1.82) is 0 Å². The quantitative estimate of drug-likeness (QED) is 0.820. The first-order valence-electron chi connectivity index (χ1n) is 8.27. The lowest BCUT2D eigenvalue weighted by Gasteiger charge is -2.20. The van der Waals surface area contributed by atoms with Crippen LogP contribution < -0.4 is 15.0 Å². The van der Waals surface area contributed by atoms with E-state index in [4.69, 9.17) is 27.9 Å². The summed E-state index contributed by atoms with van der Waals surface area (Å²) in [4.78, 5) is 26.6. The third-order valence-corrected chi connectivity index (χ3v) is 4.69. The topological polar surface area (TPSA) is 58.6 Å². The molecule has 0 unspecified atom stereocenters. The number of anilines is 2. The third kappa shape index (κ3) is 3.94. The summed E-state index contributed by atoms with van der Waals surface area (Å²) < 4.78 is 5.59. The van der Waals surface area contributed by atoms with Gasteiger partial charge in [0.1, 0.15) is 5.75 Å². The zero-order chi connectivity index (χ0) is 18.7. The zero-order valence-corrected chi connectivity index (χ0v) is 15.7. The second kappa shape index (κ2) is 7.98. The highest BCUT2D eigenvalue weighted by Crippen LogP contribution is 2.34. The first kappa shape index (κ1) is 18.5. The van der Waals surface area contributed by atoms with Crippen molar-refractivity contribution in [2.75, 3.05) is 23.4 Å². The molecule has 0 saturated carbocycles. The van der Waals surface area contributed by atoms with Crippen molar-refractivity contribution in [2.24, 2.45) is 5.92 Å². The fourth-order valence-corrected chi connectivity index (χ4v) is 3.36. The van der Waals surface area contributed by atoms with Gasteiger partial charge in [0.25, 0.3) is 0 Å². The molecule has 1 saturated heterocycles. The van der Waals surface area contributed by atoms with Crippen LogP contribution in [0.3, 0.4) is 0 Å². The van der Waals surface area contributed by atoms with Crippen LogP contribution in [0.1, 0.15) is 13.3 Å². The molecule has 2 aromatic carbocycles. The molecule has 0 radical (unpaired) electrons. The fourth-order valence-electron chi connectivity index (χ4n) is 2.90. The number of para-hydroxylation sites is 2. The van der Waals surface area contributed by atoms with Gasteiger partial charge >= 0.3 is 0 Å². The van der Waals surface area contributed by atoms with Crippen LogP contribution in [0.5, 0.6) is 5.75 Å². The number of ether oxygens (including phenoxy) is 1. The van der Waals surface area contributed by atoms with E-state index < -0.39 is 5.92 Å². The Kier molecular flexibility index (Phi) is 5.69. The first-order chi connectivity index (χ1) is 12.5. The minimum atomic E-state index is -0.469. The average molecular weight is 393 g/mol. The molecule has 0 spiro atoms. The lowest BCUT2D eigenvalue weighted by atomic mass is 10.1. The minimum absolute atomic E-state index is 0.112. The van der Waals surface area contributed by atoms with Crippen molar-refractivity contribution in [3.8, 4) is 5.75 Å². The number of hydrogen-bond acceptors (Lipinski definition) is 3. The van der Waals surface area contributed by atoms with E-state index in [1.165, 1.54) is 0 Å². The van der Waals surface area contributed by atoms with Crippen molar-refractivity contribution in [1.82, 2.24) is 0 Å². The predicted molar refractivity (Wildman–Crippen MR) is 103 cm³/mol. The molecule has 0 aromatic heterocycles. The molecule has 7 heteroatoms. The van der Waals surface area contributed by atoms with Gasteiger partial charge < -0.3 is 15.0 Å². The number of benzene rings is 2. The van der Waals surface area contributed by atoms with Crippen molar-refractivity contribution in [3.63, 3.8) is 0 Å². The normalized spacial score (nSPS) is 16.7. The number of rotatable bonds is 5. The van der Waals surface area contributed by atoms with E-state index in [0.29, 0.717) is 40.3 Å². The van der Waals surface area contributed by atoms with E-state index in [9.17, 15) is 9.59 Å². The van der Waals surface area contributed by atoms with E-state index in [-0.39, 0.29) is 18.2 Å². The van der Waals surface area contributed by atoms with E-state index in [0.717, 1.165) is 0 Å². The Bertz CT molecular complexity index is 841. The van der Waals surface area contributed by atoms with Crippen molar-refractivity contribution in [3.05, 3.63) is 52.5 Å². The molecule has 136 valence electrons. The lowest BCUT2D eigenvalue weighted by molar-refractivity contribution is -0.122. The van der Waals surface area contributed by atoms with Gasteiger partial charge in [0.15, 0.2) is 0 Å². The second-order valence-electron chi connectivity index (χ2n) is 5.92. The number of carbonyl (C=O) groups excluding carboxylic acids is 2. The van der Waals surface area contributed by atoms with E-state index in [1.807, 2.05) is 31.2 Å². The summed E-state index contributed by atoms with van der Waals surface area (Å²) in [6.07, 6.45) is 0.136. The Balaban J connectivity index is 1.74. The maximum absolute atomic E-state index is 12.6. The molecule has 2 amide bonds. The highest BCUT2D eigenvalue weighted by Gasteiger charge is 2.36. The van der Waals surface area contributed by atoms with Crippen LogP contribution in [0.2, 0.25) is 10.0 Å². The van der Waals surface area contributed by atoms with E-state index in [1.54, 1.807) is 23.1 Å². The van der Waals surface area contributed by atoms with Crippen LogP contribution >= 0.6 is 23.2 Å². The molecule has 5 nitrogen and oxygen atoms in total. The monoisotopic (exact) mass is 392 g/mol. The van der Waals surface area contributed by atoms with Gasteiger partial charge in [-0.15, -0.1) is 0 Å². The van der Waals surface area contributed by atoms with E-state index >= 15 is 0 Å². The standard InChI is InChI=1S/C19H18Cl2N2O3/c1-2-26-17-6-4-3-5-16(17)23-11-12(9-18(23)24)19(25)22-15-8-7-13(20)10-14(15)21/h3-8,10,12H,2,9,11H2,1H3,(H,22,25)/t12-/m1/s1. The number of amides is 2. The largest absolute Gasteiger partial charge is 0.492 e. The predicted octanol–water partition coefficient (Wildman–Crippen LogP) is 4.38. The molecule has 1 aliphatic rings. The van der Waals surface area contributed by atoms with Gasteiger partial charge in [0, 0.05) is 18.0 Å². The number of halogens is 2. The smallest absolute Gasteiger partial charge is 0.229 e. The van der Waals surface area contributed by atoms with Crippen LogP contribution in [0, 0.1) is 5.92 Å². The highest BCUT2D eigenvalue weighted by molar-refractivity contribution is 6.36. The fraction of sp³-hybridized carbons (Fsp3) is 0.263. The van der Waals surface area contributed by atoms with Crippen molar-refractivity contribution >= 4 is 46.4 Å². The van der Waals surface area contributed by atoms with Crippen LogP contribution in [0.25, 0.3) is 0 Å². The van der Waals surface area contributed by atoms with Crippen molar-refractivity contribution < 1.29 is 14.3 Å². The Morgan fingerprint density at radius 1 is 1.27 bits per heavy atom. The lowest BCUT2D eigenvalue weighted by Crippen LogP contribution is -2.28. The number of nitrogens with zero attached hydrogens (tertiary/aromatic N) is 1. The molecule has 1 atom stereocenters. The second-order valence-corrected chi connectivity index (χ2v) is 6.76. The molecule has 1 N–H and O–H groups in total. The third-order valence-electron chi connectivity index (χ3n) is 4.14. The molecule has 26 heavy (non-hydrogen) atoms. The van der Waals surface area contributed by atoms with Crippen molar-refractivity contribution in [2.45, 2.75) is 13.3 Å². The summed E-state index contributed by atoms with van der Waals surface area (Å²) in [5.41, 5.74) is 1.15. The summed E-state index contributed by atoms with van der Waals surface area (Å²) in [5.74, 6) is -0.201. The summed E-state index contributed by atoms with van der Waals surface area (Å²) in [5, 5.41) is 3.62. The van der Waals surface area contributed by atoms with Gasteiger partial charge in [-0.25, -0.2) is 0 Å². The Labute approximate surface area is 161 Å². The maximum Gasteiger partial charge on any atom is 0.229 e. The molecular weight excluding hydrogens is 375 g/mol. The molecule has 0 aliphatic carbocycles. The molecule has 3 rings (SSSR count). The Morgan fingerprint density at radius 3 is 2.77 bits per heavy atom. The van der Waals surface area contributed by atoms with Gasteiger partial charge in [-0.2, -0.15) is 0 Å². The molecule has 2 aromatic rings. The zero-order valence-electron chi connectivity index (χ0n) is 14.2. The summed E-state index contributed by atoms with van der Waals surface area (Å²) in [7, 11) is 0. The molecule has 0 bridgehead atoms. The molecular formula is C19H18Cl2N2O3. The summed E-state index contributed by atoms with van der Waals surface area (Å²) in [6.45, 7) is 2.67. The van der Waals surface area contributed by atoms with Crippen LogP contribution in [-0.2, 0) is 9.59 Å². The Hall–Kier alpha value is -2.24. The Morgan fingerprint density at radius 2 is 2.04 bits per heavy atom. The van der Waals surface area contributed by atoms with Gasteiger partial charge in [0.05, 0.1) is 28.9 Å². The molecule has 1 heterocycles. The van der Waals surface area contributed by atoms with Crippen LogP contribution in [0.15, 0.2) is 42.5 Å².